The number of piperazine rings is 1. The lowest BCUT2D eigenvalue weighted by molar-refractivity contribution is -0.123. The molecule has 0 aromatic heterocycles. The lowest BCUT2D eigenvalue weighted by Crippen LogP contribution is -2.54. The molecule has 0 aliphatic carbocycles. The van der Waals surface area contributed by atoms with E-state index in [1.165, 1.54) is 12.1 Å². The number of methoxy groups -OCH3 is 1. The van der Waals surface area contributed by atoms with Crippen molar-refractivity contribution >= 4 is 11.9 Å². The van der Waals surface area contributed by atoms with Gasteiger partial charge in [0.25, 0.3) is 0 Å². The Hall–Kier alpha value is -2.19. The van der Waals surface area contributed by atoms with Crippen LogP contribution in [0, 0.1) is 5.82 Å². The highest BCUT2D eigenvalue weighted by atomic mass is 19.1. The first-order chi connectivity index (χ1) is 13.9. The summed E-state index contributed by atoms with van der Waals surface area (Å²) in [6.07, 6.45) is -0.231. The van der Waals surface area contributed by atoms with Crippen LogP contribution in [0.1, 0.15) is 32.4 Å². The number of aliphatic imine (C=N–C) groups is 1. The molecular formula is C21H34FN5O2. The van der Waals surface area contributed by atoms with Gasteiger partial charge in [0.15, 0.2) is 5.96 Å². The van der Waals surface area contributed by atoms with Gasteiger partial charge in [0, 0.05) is 45.9 Å². The fourth-order valence-electron chi connectivity index (χ4n) is 3.28. The first-order valence-electron chi connectivity index (χ1n) is 10.3. The predicted molar refractivity (Wildman–Crippen MR) is 113 cm³/mol. The third kappa shape index (κ3) is 7.62. The highest BCUT2D eigenvalue weighted by Crippen LogP contribution is 2.17. The molecule has 1 saturated heterocycles. The van der Waals surface area contributed by atoms with Gasteiger partial charge in [-0.3, -0.25) is 14.7 Å². The van der Waals surface area contributed by atoms with E-state index < -0.39 is 0 Å². The zero-order chi connectivity index (χ0) is 21.2. The van der Waals surface area contributed by atoms with E-state index in [0.717, 1.165) is 44.2 Å². The van der Waals surface area contributed by atoms with E-state index in [1.54, 1.807) is 19.2 Å². The van der Waals surface area contributed by atoms with Gasteiger partial charge in [-0.2, -0.15) is 0 Å². The van der Waals surface area contributed by atoms with Gasteiger partial charge in [-0.1, -0.05) is 12.1 Å². The van der Waals surface area contributed by atoms with Crippen molar-refractivity contribution in [3.63, 3.8) is 0 Å². The van der Waals surface area contributed by atoms with Gasteiger partial charge in [0.05, 0.1) is 13.1 Å². The van der Waals surface area contributed by atoms with Gasteiger partial charge in [-0.05, 0) is 38.5 Å². The molecule has 0 bridgehead atoms. The minimum absolute atomic E-state index is 0.0660. The molecule has 1 unspecified atom stereocenters. The smallest absolute Gasteiger partial charge is 0.234 e. The topological polar surface area (TPSA) is 69.2 Å². The molecule has 0 radical (unpaired) electrons. The number of carbonyl (C=O) groups excluding carboxylic acids is 1. The molecule has 7 nitrogen and oxygen atoms in total. The predicted octanol–water partition coefficient (Wildman–Crippen LogP) is 1.62. The molecule has 1 fully saturated rings. The number of halogens is 1. The molecule has 1 aromatic carbocycles. The zero-order valence-corrected chi connectivity index (χ0v) is 17.9. The summed E-state index contributed by atoms with van der Waals surface area (Å²) in [4.78, 5) is 21.1. The summed E-state index contributed by atoms with van der Waals surface area (Å²) in [7, 11) is 1.64. The van der Waals surface area contributed by atoms with Crippen LogP contribution in [0.25, 0.3) is 0 Å². The second-order valence-electron chi connectivity index (χ2n) is 7.46. The third-order valence-corrected chi connectivity index (χ3v) is 4.76. The molecule has 1 aliphatic rings. The Bertz CT molecular complexity index is 658. The fraction of sp³-hybridized carbons (Fsp3) is 0.619. The standard InChI is InChI=1S/C21H34FN5O2/c1-5-23-21(24-14-19(29-4)17-6-8-18(22)9-7-17)27-12-10-26(11-13-27)15-20(28)25-16(2)3/h6-9,16,19H,5,10-15H2,1-4H3,(H,23,24)(H,25,28). The Morgan fingerprint density at radius 3 is 2.41 bits per heavy atom. The zero-order valence-electron chi connectivity index (χ0n) is 17.9. The fourth-order valence-corrected chi connectivity index (χ4v) is 3.28. The van der Waals surface area contributed by atoms with E-state index in [9.17, 15) is 9.18 Å². The van der Waals surface area contributed by atoms with Crippen molar-refractivity contribution in [3.8, 4) is 0 Å². The molecule has 0 spiro atoms. The molecule has 1 aromatic rings. The summed E-state index contributed by atoms with van der Waals surface area (Å²) in [5.41, 5.74) is 0.898. The quantitative estimate of drug-likeness (QED) is 0.506. The number of hydrogen-bond donors (Lipinski definition) is 2. The number of benzene rings is 1. The highest BCUT2D eigenvalue weighted by Gasteiger charge is 2.22. The number of hydrogen-bond acceptors (Lipinski definition) is 4. The van der Waals surface area contributed by atoms with E-state index in [-0.39, 0.29) is 23.9 Å². The minimum atomic E-state index is -0.264. The van der Waals surface area contributed by atoms with Gasteiger partial charge in [-0.25, -0.2) is 4.39 Å². The van der Waals surface area contributed by atoms with E-state index >= 15 is 0 Å². The molecule has 8 heteroatoms. The van der Waals surface area contributed by atoms with Crippen molar-refractivity contribution in [1.29, 1.82) is 0 Å². The van der Waals surface area contributed by atoms with E-state index in [4.69, 9.17) is 9.73 Å². The van der Waals surface area contributed by atoms with Crippen LogP contribution in [0.4, 0.5) is 4.39 Å². The van der Waals surface area contributed by atoms with E-state index in [0.29, 0.717) is 13.1 Å². The molecule has 1 amide bonds. The van der Waals surface area contributed by atoms with E-state index in [1.807, 2.05) is 20.8 Å². The number of nitrogens with zero attached hydrogens (tertiary/aromatic N) is 3. The first kappa shape index (κ1) is 23.1. The van der Waals surface area contributed by atoms with Gasteiger partial charge >= 0.3 is 0 Å². The maximum absolute atomic E-state index is 13.2. The molecule has 0 saturated carbocycles. The van der Waals surface area contributed by atoms with Crippen LogP contribution in [0.15, 0.2) is 29.3 Å². The van der Waals surface area contributed by atoms with E-state index in [2.05, 4.69) is 20.4 Å². The lowest BCUT2D eigenvalue weighted by atomic mass is 10.1. The Morgan fingerprint density at radius 2 is 1.86 bits per heavy atom. The monoisotopic (exact) mass is 407 g/mol. The molecule has 1 aliphatic heterocycles. The maximum Gasteiger partial charge on any atom is 0.234 e. The number of nitrogens with one attached hydrogen (secondary N) is 2. The number of rotatable bonds is 8. The number of guanidine groups is 1. The third-order valence-electron chi connectivity index (χ3n) is 4.76. The number of amides is 1. The normalized spacial score (nSPS) is 16.8. The van der Waals surface area contributed by atoms with Gasteiger partial charge in [0.1, 0.15) is 11.9 Å². The van der Waals surface area contributed by atoms with Crippen LogP contribution in [0.5, 0.6) is 0 Å². The first-order valence-corrected chi connectivity index (χ1v) is 10.3. The average Bonchev–Trinajstić information content (AvgIpc) is 2.69. The Morgan fingerprint density at radius 1 is 1.21 bits per heavy atom. The summed E-state index contributed by atoms with van der Waals surface area (Å²) in [6.45, 7) is 10.8. The molecule has 2 N–H and O–H groups in total. The average molecular weight is 408 g/mol. The molecule has 2 rings (SSSR count). The maximum atomic E-state index is 13.2. The van der Waals surface area contributed by atoms with Gasteiger partial charge in [-0.15, -0.1) is 0 Å². The van der Waals surface area contributed by atoms with Crippen molar-refractivity contribution in [2.75, 3.05) is 52.9 Å². The molecule has 162 valence electrons. The lowest BCUT2D eigenvalue weighted by Gasteiger charge is -2.36. The second-order valence-corrected chi connectivity index (χ2v) is 7.46. The number of ether oxygens (including phenoxy) is 1. The molecular weight excluding hydrogens is 373 g/mol. The van der Waals surface area contributed by atoms with Crippen LogP contribution in [0.3, 0.4) is 0 Å². The minimum Gasteiger partial charge on any atom is -0.375 e. The van der Waals surface area contributed by atoms with Crippen LogP contribution in [0.2, 0.25) is 0 Å². The van der Waals surface area contributed by atoms with Gasteiger partial charge in [0.2, 0.25) is 5.91 Å². The highest BCUT2D eigenvalue weighted by molar-refractivity contribution is 5.80. The molecule has 1 heterocycles. The summed E-state index contributed by atoms with van der Waals surface area (Å²) >= 11 is 0. The Balaban J connectivity index is 1.93. The van der Waals surface area contributed by atoms with Crippen molar-refractivity contribution in [1.82, 2.24) is 20.4 Å². The largest absolute Gasteiger partial charge is 0.375 e. The van der Waals surface area contributed by atoms with Crippen LogP contribution >= 0.6 is 0 Å². The van der Waals surface area contributed by atoms with Crippen molar-refractivity contribution in [2.45, 2.75) is 32.9 Å². The van der Waals surface area contributed by atoms with Crippen LogP contribution in [-0.4, -0.2) is 80.6 Å². The summed E-state index contributed by atoms with van der Waals surface area (Å²) in [5, 5.41) is 6.27. The van der Waals surface area contributed by atoms with Crippen molar-refractivity contribution in [3.05, 3.63) is 35.6 Å². The SMILES string of the molecule is CCNC(=NCC(OC)c1ccc(F)cc1)N1CCN(CC(=O)NC(C)C)CC1. The Labute approximate surface area is 173 Å². The van der Waals surface area contributed by atoms with Crippen LogP contribution in [-0.2, 0) is 9.53 Å². The van der Waals surface area contributed by atoms with Crippen LogP contribution < -0.4 is 10.6 Å². The summed E-state index contributed by atoms with van der Waals surface area (Å²) in [5.74, 6) is 0.639. The number of carbonyl (C=O) groups is 1. The summed E-state index contributed by atoms with van der Waals surface area (Å²) in [6, 6.07) is 6.49. The second kappa shape index (κ2) is 11.7. The summed E-state index contributed by atoms with van der Waals surface area (Å²) < 4.78 is 18.7. The molecule has 1 atom stereocenters. The van der Waals surface area contributed by atoms with Crippen molar-refractivity contribution in [2.24, 2.45) is 4.99 Å². The van der Waals surface area contributed by atoms with Gasteiger partial charge < -0.3 is 20.3 Å². The molecule has 29 heavy (non-hydrogen) atoms. The van der Waals surface area contributed by atoms with Crippen molar-refractivity contribution < 1.29 is 13.9 Å². The Kier molecular flexibility index (Phi) is 9.34.